The summed E-state index contributed by atoms with van der Waals surface area (Å²) in [5.74, 6) is 1.89. The van der Waals surface area contributed by atoms with Gasteiger partial charge in [0.25, 0.3) is 0 Å². The molecule has 0 amide bonds. The third-order valence-corrected chi connectivity index (χ3v) is 1.01. The van der Waals surface area contributed by atoms with Crippen LogP contribution in [-0.4, -0.2) is 10.1 Å². The molecule has 0 fully saturated rings. The second kappa shape index (κ2) is 3.72. The third kappa shape index (κ3) is 3.93. The Kier molecular flexibility index (Phi) is 3.61. The molecule has 8 heavy (non-hydrogen) atoms. The molecular formula is C5H5IO2. The summed E-state index contributed by atoms with van der Waals surface area (Å²) in [6.45, 7) is 1.32. The average molecular weight is 224 g/mol. The van der Waals surface area contributed by atoms with Crippen molar-refractivity contribution in [3.63, 3.8) is 0 Å². The molecule has 3 heteroatoms. The maximum absolute atomic E-state index is 10.1. The van der Waals surface area contributed by atoms with Crippen LogP contribution >= 0.6 is 22.6 Å². The zero-order valence-corrected chi connectivity index (χ0v) is 6.51. The van der Waals surface area contributed by atoms with Gasteiger partial charge in [0.05, 0.1) is 0 Å². The minimum absolute atomic E-state index is 0.345. The molecule has 0 bridgehead atoms. The number of hydrogen-bond acceptors (Lipinski definition) is 2. The number of esters is 1. The topological polar surface area (TPSA) is 26.3 Å². The summed E-state index contributed by atoms with van der Waals surface area (Å²) in [6, 6.07) is 0. The van der Waals surface area contributed by atoms with Crippen LogP contribution in [0.2, 0.25) is 0 Å². The highest BCUT2D eigenvalue weighted by Crippen LogP contribution is 1.99. The number of carbonyl (C=O) groups is 1. The van der Waals surface area contributed by atoms with Crippen LogP contribution in [0.25, 0.3) is 0 Å². The molecule has 2 nitrogen and oxygen atoms in total. The number of carbonyl (C=O) groups excluding carboxylic acids is 1. The normalized spacial score (nSPS) is 11.6. The molecular weight excluding hydrogens is 219 g/mol. The molecule has 0 rings (SSSR count). The first-order valence-electron chi connectivity index (χ1n) is 1.94. The van der Waals surface area contributed by atoms with E-state index in [1.807, 2.05) is 22.6 Å². The van der Waals surface area contributed by atoms with Gasteiger partial charge in [0, 0.05) is 6.92 Å². The zero-order chi connectivity index (χ0) is 6.57. The molecule has 0 aliphatic rings. The average Bonchev–Trinajstić information content (AvgIpc) is 1.65. The summed E-state index contributed by atoms with van der Waals surface area (Å²) in [5.41, 5.74) is 0. The lowest BCUT2D eigenvalue weighted by Crippen LogP contribution is -2.05. The summed E-state index contributed by atoms with van der Waals surface area (Å²) in [7, 11) is 0. The standard InChI is InChI=1S/C5H5IO2/c1-3-5(6)8-4(2)7/h1,5H,2H3. The van der Waals surface area contributed by atoms with Crippen molar-refractivity contribution in [2.24, 2.45) is 0 Å². The van der Waals surface area contributed by atoms with Crippen LogP contribution < -0.4 is 0 Å². The molecule has 0 saturated carbocycles. The van der Waals surface area contributed by atoms with Crippen LogP contribution in [0.5, 0.6) is 0 Å². The van der Waals surface area contributed by atoms with E-state index in [0.29, 0.717) is 0 Å². The van der Waals surface area contributed by atoms with Gasteiger partial charge in [0.2, 0.25) is 4.11 Å². The highest BCUT2D eigenvalue weighted by Gasteiger charge is 1.99. The monoisotopic (exact) mass is 224 g/mol. The van der Waals surface area contributed by atoms with Crippen LogP contribution in [0.1, 0.15) is 6.92 Å². The summed E-state index contributed by atoms with van der Waals surface area (Å²) >= 11 is 1.84. The number of hydrogen-bond donors (Lipinski definition) is 0. The van der Waals surface area contributed by atoms with Gasteiger partial charge >= 0.3 is 5.97 Å². The maximum atomic E-state index is 10.1. The Bertz CT molecular complexity index is 125. The molecule has 0 radical (unpaired) electrons. The second-order valence-corrected chi connectivity index (χ2v) is 2.22. The van der Waals surface area contributed by atoms with Crippen molar-refractivity contribution >= 4 is 28.6 Å². The fraction of sp³-hybridized carbons (Fsp3) is 0.400. The Hall–Kier alpha value is -0.240. The Morgan fingerprint density at radius 3 is 2.62 bits per heavy atom. The molecule has 0 aromatic carbocycles. The van der Waals surface area contributed by atoms with E-state index in [9.17, 15) is 4.79 Å². The lowest BCUT2D eigenvalue weighted by atomic mass is 10.7. The van der Waals surface area contributed by atoms with Crippen molar-refractivity contribution in [2.75, 3.05) is 0 Å². The molecule has 0 N–H and O–H groups in total. The van der Waals surface area contributed by atoms with Crippen LogP contribution in [0.4, 0.5) is 0 Å². The molecule has 1 atom stereocenters. The fourth-order valence-corrected chi connectivity index (χ4v) is 0.538. The van der Waals surface area contributed by atoms with Gasteiger partial charge in [0.15, 0.2) is 0 Å². The molecule has 0 aromatic heterocycles. The van der Waals surface area contributed by atoms with Crippen molar-refractivity contribution in [3.05, 3.63) is 0 Å². The van der Waals surface area contributed by atoms with E-state index in [1.165, 1.54) is 6.92 Å². The molecule has 0 aliphatic heterocycles. The summed E-state index contributed by atoms with van der Waals surface area (Å²) in [4.78, 5) is 10.1. The van der Waals surface area contributed by atoms with E-state index < -0.39 is 4.11 Å². The van der Waals surface area contributed by atoms with Gasteiger partial charge in [-0.15, -0.1) is 6.42 Å². The molecule has 0 saturated heterocycles. The first-order chi connectivity index (χ1) is 3.66. The van der Waals surface area contributed by atoms with Gasteiger partial charge in [-0.25, -0.2) is 0 Å². The molecule has 0 spiro atoms. The molecule has 1 unspecified atom stereocenters. The van der Waals surface area contributed by atoms with E-state index >= 15 is 0 Å². The van der Waals surface area contributed by atoms with Crippen LogP contribution in [0.15, 0.2) is 0 Å². The van der Waals surface area contributed by atoms with Gasteiger partial charge in [-0.05, 0) is 22.6 Å². The van der Waals surface area contributed by atoms with Gasteiger partial charge in [0.1, 0.15) is 0 Å². The third-order valence-electron chi connectivity index (χ3n) is 0.400. The van der Waals surface area contributed by atoms with Crippen LogP contribution in [0.3, 0.4) is 0 Å². The van der Waals surface area contributed by atoms with E-state index in [2.05, 4.69) is 10.7 Å². The molecule has 0 heterocycles. The number of terminal acetylenes is 1. The number of ether oxygens (including phenoxy) is 1. The van der Waals surface area contributed by atoms with E-state index in [-0.39, 0.29) is 5.97 Å². The highest BCUT2D eigenvalue weighted by atomic mass is 127. The predicted molar refractivity (Wildman–Crippen MR) is 38.4 cm³/mol. The van der Waals surface area contributed by atoms with Crippen molar-refractivity contribution in [2.45, 2.75) is 11.0 Å². The molecule has 0 aromatic rings. The lowest BCUT2D eigenvalue weighted by molar-refractivity contribution is -0.140. The summed E-state index contributed by atoms with van der Waals surface area (Å²) in [5, 5.41) is 0. The minimum Gasteiger partial charge on any atom is -0.439 e. The second-order valence-electron chi connectivity index (χ2n) is 1.09. The number of halogens is 1. The van der Waals surface area contributed by atoms with Crippen molar-refractivity contribution in [3.8, 4) is 12.3 Å². The van der Waals surface area contributed by atoms with Gasteiger partial charge in [-0.2, -0.15) is 0 Å². The zero-order valence-electron chi connectivity index (χ0n) is 4.35. The Labute approximate surface area is 61.7 Å². The van der Waals surface area contributed by atoms with Crippen LogP contribution in [0, 0.1) is 12.3 Å². The summed E-state index contributed by atoms with van der Waals surface area (Å²) < 4.78 is 4.09. The van der Waals surface area contributed by atoms with Crippen molar-refractivity contribution in [1.82, 2.24) is 0 Å². The van der Waals surface area contributed by atoms with E-state index in [0.717, 1.165) is 0 Å². The van der Waals surface area contributed by atoms with Gasteiger partial charge < -0.3 is 4.74 Å². The number of alkyl halides is 1. The minimum atomic E-state index is -0.426. The van der Waals surface area contributed by atoms with Crippen molar-refractivity contribution in [1.29, 1.82) is 0 Å². The molecule has 44 valence electrons. The highest BCUT2D eigenvalue weighted by molar-refractivity contribution is 14.1. The first-order valence-corrected chi connectivity index (χ1v) is 3.19. The van der Waals surface area contributed by atoms with Gasteiger partial charge in [-0.3, -0.25) is 4.79 Å². The smallest absolute Gasteiger partial charge is 0.304 e. The summed E-state index contributed by atoms with van der Waals surface area (Å²) in [6.07, 6.45) is 4.89. The van der Waals surface area contributed by atoms with E-state index in [1.54, 1.807) is 0 Å². The quantitative estimate of drug-likeness (QED) is 0.287. The van der Waals surface area contributed by atoms with E-state index in [4.69, 9.17) is 6.42 Å². The Morgan fingerprint density at radius 1 is 2.00 bits per heavy atom. The first kappa shape index (κ1) is 7.76. The fourth-order valence-electron chi connectivity index (χ4n) is 0.180. The Balaban J connectivity index is 3.43. The number of rotatable bonds is 1. The van der Waals surface area contributed by atoms with Crippen molar-refractivity contribution < 1.29 is 9.53 Å². The molecule has 0 aliphatic carbocycles. The predicted octanol–water partition coefficient (Wildman–Crippen LogP) is 0.944. The lowest BCUT2D eigenvalue weighted by Gasteiger charge is -1.99. The van der Waals surface area contributed by atoms with Gasteiger partial charge in [-0.1, -0.05) is 5.92 Å². The maximum Gasteiger partial charge on any atom is 0.304 e. The van der Waals surface area contributed by atoms with Crippen LogP contribution in [-0.2, 0) is 9.53 Å². The largest absolute Gasteiger partial charge is 0.439 e. The SMILES string of the molecule is C#CC(I)OC(C)=O. The Morgan fingerprint density at radius 2 is 2.50 bits per heavy atom.